The van der Waals surface area contributed by atoms with Crippen LogP contribution in [0.3, 0.4) is 0 Å². The van der Waals surface area contributed by atoms with Gasteiger partial charge in [0.15, 0.2) is 0 Å². The highest BCUT2D eigenvalue weighted by Crippen LogP contribution is 2.19. The normalized spacial score (nSPS) is 12.4. The summed E-state index contributed by atoms with van der Waals surface area (Å²) in [6.45, 7) is 10.9. The van der Waals surface area contributed by atoms with Crippen LogP contribution in [0.5, 0.6) is 0 Å². The lowest BCUT2D eigenvalue weighted by Crippen LogP contribution is -2.31. The number of anilines is 1. The molecule has 0 spiro atoms. The van der Waals surface area contributed by atoms with Crippen LogP contribution in [0.2, 0.25) is 0 Å². The SMILES string of the molecule is CCOCCN(CCOCC)c1ccc([C@H](N)CC)cc1. The topological polar surface area (TPSA) is 47.7 Å². The number of benzene rings is 1. The van der Waals surface area contributed by atoms with Gasteiger partial charge in [-0.15, -0.1) is 0 Å². The van der Waals surface area contributed by atoms with Gasteiger partial charge in [0.05, 0.1) is 13.2 Å². The third-order valence-corrected chi connectivity index (χ3v) is 3.55. The summed E-state index contributed by atoms with van der Waals surface area (Å²) in [6.07, 6.45) is 0.956. The molecule has 1 rings (SSSR count). The van der Waals surface area contributed by atoms with E-state index in [1.54, 1.807) is 0 Å². The second-order valence-electron chi connectivity index (χ2n) is 4.99. The maximum atomic E-state index is 6.06. The Morgan fingerprint density at radius 2 is 1.48 bits per heavy atom. The van der Waals surface area contributed by atoms with Crippen LogP contribution >= 0.6 is 0 Å². The fourth-order valence-electron chi connectivity index (χ4n) is 2.18. The van der Waals surface area contributed by atoms with Crippen molar-refractivity contribution < 1.29 is 9.47 Å². The zero-order valence-electron chi connectivity index (χ0n) is 13.7. The van der Waals surface area contributed by atoms with E-state index in [-0.39, 0.29) is 6.04 Å². The first-order valence-electron chi connectivity index (χ1n) is 7.98. The van der Waals surface area contributed by atoms with Gasteiger partial charge in [0, 0.05) is 38.0 Å². The van der Waals surface area contributed by atoms with E-state index < -0.39 is 0 Å². The first kappa shape index (κ1) is 18.0. The van der Waals surface area contributed by atoms with Gasteiger partial charge in [-0.25, -0.2) is 0 Å². The fourth-order valence-corrected chi connectivity index (χ4v) is 2.18. The third-order valence-electron chi connectivity index (χ3n) is 3.55. The minimum Gasteiger partial charge on any atom is -0.380 e. The molecule has 4 nitrogen and oxygen atoms in total. The molecule has 0 aliphatic rings. The smallest absolute Gasteiger partial charge is 0.0641 e. The van der Waals surface area contributed by atoms with Crippen molar-refractivity contribution in [1.29, 1.82) is 0 Å². The van der Waals surface area contributed by atoms with Gasteiger partial charge in [-0.1, -0.05) is 19.1 Å². The van der Waals surface area contributed by atoms with Gasteiger partial charge in [0.2, 0.25) is 0 Å². The summed E-state index contributed by atoms with van der Waals surface area (Å²) in [6, 6.07) is 8.65. The van der Waals surface area contributed by atoms with Crippen molar-refractivity contribution in [3.8, 4) is 0 Å². The van der Waals surface area contributed by atoms with E-state index >= 15 is 0 Å². The monoisotopic (exact) mass is 294 g/mol. The minimum absolute atomic E-state index is 0.124. The Hall–Kier alpha value is -1.10. The van der Waals surface area contributed by atoms with Crippen molar-refractivity contribution in [2.45, 2.75) is 33.2 Å². The molecule has 0 unspecified atom stereocenters. The van der Waals surface area contributed by atoms with Gasteiger partial charge in [-0.05, 0) is 38.0 Å². The molecule has 0 aliphatic heterocycles. The molecular weight excluding hydrogens is 264 g/mol. The molecule has 2 N–H and O–H groups in total. The second-order valence-corrected chi connectivity index (χ2v) is 4.99. The highest BCUT2D eigenvalue weighted by Gasteiger charge is 2.08. The van der Waals surface area contributed by atoms with E-state index in [9.17, 15) is 0 Å². The summed E-state index contributed by atoms with van der Waals surface area (Å²) in [5, 5.41) is 0. The molecule has 0 radical (unpaired) electrons. The summed E-state index contributed by atoms with van der Waals surface area (Å²) < 4.78 is 10.9. The fraction of sp³-hybridized carbons (Fsp3) is 0.647. The molecule has 120 valence electrons. The van der Waals surface area contributed by atoms with Crippen LogP contribution in [0.15, 0.2) is 24.3 Å². The lowest BCUT2D eigenvalue weighted by Gasteiger charge is -2.25. The zero-order chi connectivity index (χ0) is 15.5. The molecule has 1 aromatic rings. The molecule has 0 heterocycles. The van der Waals surface area contributed by atoms with E-state index in [2.05, 4.69) is 36.1 Å². The molecule has 1 atom stereocenters. The highest BCUT2D eigenvalue weighted by molar-refractivity contribution is 5.48. The molecular formula is C17H30N2O2. The summed E-state index contributed by atoms with van der Waals surface area (Å²) in [5.74, 6) is 0. The lowest BCUT2D eigenvalue weighted by atomic mass is 10.1. The summed E-state index contributed by atoms with van der Waals surface area (Å²) >= 11 is 0. The molecule has 0 saturated carbocycles. The van der Waals surface area contributed by atoms with Gasteiger partial charge >= 0.3 is 0 Å². The molecule has 0 bridgehead atoms. The Kier molecular flexibility index (Phi) is 9.06. The maximum absolute atomic E-state index is 6.06. The van der Waals surface area contributed by atoms with Crippen molar-refractivity contribution in [2.75, 3.05) is 44.4 Å². The Bertz CT molecular complexity index is 358. The lowest BCUT2D eigenvalue weighted by molar-refractivity contribution is 0.141. The minimum atomic E-state index is 0.124. The largest absolute Gasteiger partial charge is 0.380 e. The summed E-state index contributed by atoms with van der Waals surface area (Å²) in [5.41, 5.74) is 8.45. The number of rotatable bonds is 11. The van der Waals surface area contributed by atoms with Crippen LogP contribution in [0.4, 0.5) is 5.69 Å². The summed E-state index contributed by atoms with van der Waals surface area (Å²) in [4.78, 5) is 2.30. The molecule has 0 fully saturated rings. The van der Waals surface area contributed by atoms with Gasteiger partial charge in [0.1, 0.15) is 0 Å². The molecule has 0 aromatic heterocycles. The van der Waals surface area contributed by atoms with Gasteiger partial charge in [-0.3, -0.25) is 0 Å². The molecule has 0 amide bonds. The average molecular weight is 294 g/mol. The Balaban J connectivity index is 2.66. The van der Waals surface area contributed by atoms with E-state index in [1.165, 1.54) is 11.3 Å². The van der Waals surface area contributed by atoms with E-state index in [1.807, 2.05) is 13.8 Å². The van der Waals surface area contributed by atoms with Crippen LogP contribution in [0, 0.1) is 0 Å². The predicted molar refractivity (Wildman–Crippen MR) is 88.9 cm³/mol. The third kappa shape index (κ3) is 6.46. The van der Waals surface area contributed by atoms with Crippen molar-refractivity contribution in [2.24, 2.45) is 5.73 Å². The quantitative estimate of drug-likeness (QED) is 0.637. The van der Waals surface area contributed by atoms with Gasteiger partial charge in [-0.2, -0.15) is 0 Å². The molecule has 0 aliphatic carbocycles. The van der Waals surface area contributed by atoms with Gasteiger partial charge < -0.3 is 20.1 Å². The number of nitrogens with two attached hydrogens (primary N) is 1. The van der Waals surface area contributed by atoms with E-state index in [4.69, 9.17) is 15.2 Å². The van der Waals surface area contributed by atoms with Crippen LogP contribution in [-0.4, -0.2) is 39.5 Å². The standard InChI is InChI=1S/C17H30N2O2/c1-4-17(18)15-7-9-16(10-8-15)19(11-13-20-5-2)12-14-21-6-3/h7-10,17H,4-6,11-14,18H2,1-3H3/t17-/m1/s1. The number of nitrogens with zero attached hydrogens (tertiary/aromatic N) is 1. The molecule has 0 saturated heterocycles. The first-order valence-corrected chi connectivity index (χ1v) is 7.98. The first-order chi connectivity index (χ1) is 10.2. The molecule has 1 aromatic carbocycles. The number of ether oxygens (including phenoxy) is 2. The second kappa shape index (κ2) is 10.6. The predicted octanol–water partition coefficient (Wildman–Crippen LogP) is 2.98. The van der Waals surface area contributed by atoms with Crippen molar-refractivity contribution in [3.63, 3.8) is 0 Å². The summed E-state index contributed by atoms with van der Waals surface area (Å²) in [7, 11) is 0. The average Bonchev–Trinajstić information content (AvgIpc) is 2.53. The Labute approximate surface area is 129 Å². The van der Waals surface area contributed by atoms with Gasteiger partial charge in [0.25, 0.3) is 0 Å². The Morgan fingerprint density at radius 3 is 1.90 bits per heavy atom. The highest BCUT2D eigenvalue weighted by atomic mass is 16.5. The number of hydrogen-bond acceptors (Lipinski definition) is 4. The van der Waals surface area contributed by atoms with E-state index in [0.29, 0.717) is 0 Å². The molecule has 4 heteroatoms. The maximum Gasteiger partial charge on any atom is 0.0641 e. The number of hydrogen-bond donors (Lipinski definition) is 1. The van der Waals surface area contributed by atoms with Crippen molar-refractivity contribution in [1.82, 2.24) is 0 Å². The van der Waals surface area contributed by atoms with Crippen LogP contribution in [-0.2, 0) is 9.47 Å². The molecule has 21 heavy (non-hydrogen) atoms. The Morgan fingerprint density at radius 1 is 0.952 bits per heavy atom. The van der Waals surface area contributed by atoms with Crippen molar-refractivity contribution >= 4 is 5.69 Å². The zero-order valence-corrected chi connectivity index (χ0v) is 13.7. The van der Waals surface area contributed by atoms with Crippen LogP contribution in [0.25, 0.3) is 0 Å². The van der Waals surface area contributed by atoms with Crippen LogP contribution in [0.1, 0.15) is 38.8 Å². The van der Waals surface area contributed by atoms with Crippen molar-refractivity contribution in [3.05, 3.63) is 29.8 Å². The van der Waals surface area contributed by atoms with Crippen LogP contribution < -0.4 is 10.6 Å². The van der Waals surface area contributed by atoms with E-state index in [0.717, 1.165) is 45.9 Å².